The number of aromatic nitrogens is 2. The number of nitrogens with one attached hydrogen (secondary N) is 1. The lowest BCUT2D eigenvalue weighted by atomic mass is 9.86. The standard InChI is InChI=1S/C19H21N3O5/c1-11-5-3-4-6-13(11)14-8-21(9-15(14)18(25)26)16(23)10-22-7-12(2)17(24)20-19(22)27/h3-7,14-15H,8-10H2,1-2H3,(H,25,26)(H,20,24,27)/t14-,15+/m1/s1. The first-order valence-electron chi connectivity index (χ1n) is 8.64. The van der Waals surface area contributed by atoms with Crippen LogP contribution in [0.25, 0.3) is 0 Å². The second kappa shape index (κ2) is 7.22. The predicted molar refractivity (Wildman–Crippen MR) is 97.7 cm³/mol. The van der Waals surface area contributed by atoms with Gasteiger partial charge in [-0.15, -0.1) is 0 Å². The molecule has 0 aliphatic carbocycles. The topological polar surface area (TPSA) is 112 Å². The first-order chi connectivity index (χ1) is 12.8. The number of likely N-dealkylation sites (tertiary alicyclic amines) is 1. The molecule has 1 amide bonds. The number of hydrogen-bond donors (Lipinski definition) is 2. The summed E-state index contributed by atoms with van der Waals surface area (Å²) in [7, 11) is 0. The number of H-pyrrole nitrogens is 1. The molecule has 0 unspecified atom stereocenters. The molecule has 2 heterocycles. The molecule has 1 aromatic carbocycles. The van der Waals surface area contributed by atoms with E-state index in [1.54, 1.807) is 6.92 Å². The summed E-state index contributed by atoms with van der Waals surface area (Å²) in [4.78, 5) is 51.4. The fourth-order valence-electron chi connectivity index (χ4n) is 3.56. The van der Waals surface area contributed by atoms with Crippen LogP contribution in [0.2, 0.25) is 0 Å². The summed E-state index contributed by atoms with van der Waals surface area (Å²) < 4.78 is 1.13. The zero-order valence-electron chi connectivity index (χ0n) is 15.1. The number of carboxylic acids is 1. The van der Waals surface area contributed by atoms with E-state index in [4.69, 9.17) is 0 Å². The number of amides is 1. The van der Waals surface area contributed by atoms with Crippen LogP contribution >= 0.6 is 0 Å². The number of nitrogens with zero attached hydrogens (tertiary/aromatic N) is 2. The van der Waals surface area contributed by atoms with E-state index in [2.05, 4.69) is 4.98 Å². The van der Waals surface area contributed by atoms with E-state index in [9.17, 15) is 24.3 Å². The van der Waals surface area contributed by atoms with Crippen LogP contribution < -0.4 is 11.2 Å². The molecular formula is C19H21N3O5. The summed E-state index contributed by atoms with van der Waals surface area (Å²) in [6.07, 6.45) is 1.34. The minimum atomic E-state index is -0.949. The number of benzene rings is 1. The lowest BCUT2D eigenvalue weighted by Gasteiger charge is -2.18. The van der Waals surface area contributed by atoms with Crippen LogP contribution in [0.4, 0.5) is 0 Å². The van der Waals surface area contributed by atoms with Gasteiger partial charge in [0.25, 0.3) is 5.56 Å². The van der Waals surface area contributed by atoms with Crippen LogP contribution in [-0.4, -0.2) is 44.5 Å². The Morgan fingerprint density at radius 1 is 1.15 bits per heavy atom. The van der Waals surface area contributed by atoms with Crippen molar-refractivity contribution in [2.45, 2.75) is 26.3 Å². The van der Waals surface area contributed by atoms with E-state index in [1.165, 1.54) is 11.1 Å². The fraction of sp³-hybridized carbons (Fsp3) is 0.368. The van der Waals surface area contributed by atoms with E-state index < -0.39 is 23.1 Å². The van der Waals surface area contributed by atoms with Crippen molar-refractivity contribution in [1.29, 1.82) is 0 Å². The monoisotopic (exact) mass is 371 g/mol. The van der Waals surface area contributed by atoms with Gasteiger partial charge in [-0.25, -0.2) is 4.79 Å². The lowest BCUT2D eigenvalue weighted by Crippen LogP contribution is -2.38. The smallest absolute Gasteiger partial charge is 0.328 e. The second-order valence-electron chi connectivity index (χ2n) is 6.91. The van der Waals surface area contributed by atoms with Gasteiger partial charge in [0, 0.05) is 30.8 Å². The zero-order valence-corrected chi connectivity index (χ0v) is 15.1. The molecule has 8 nitrogen and oxygen atoms in total. The SMILES string of the molecule is Cc1ccccc1[C@H]1CN(C(=O)Cn2cc(C)c(=O)[nH]c2=O)C[C@@H]1C(=O)O. The molecule has 1 aliphatic heterocycles. The van der Waals surface area contributed by atoms with E-state index in [1.807, 2.05) is 31.2 Å². The van der Waals surface area contributed by atoms with Gasteiger partial charge in [0.15, 0.2) is 0 Å². The number of aliphatic carboxylic acids is 1. The molecule has 3 rings (SSSR count). The van der Waals surface area contributed by atoms with Crippen molar-refractivity contribution in [2.75, 3.05) is 13.1 Å². The van der Waals surface area contributed by atoms with Crippen LogP contribution in [0.1, 0.15) is 22.6 Å². The number of carboxylic acid groups (broad SMARTS) is 1. The molecule has 2 N–H and O–H groups in total. The van der Waals surface area contributed by atoms with Gasteiger partial charge in [0.05, 0.1) is 5.92 Å². The van der Waals surface area contributed by atoms with Crippen LogP contribution in [0.15, 0.2) is 40.1 Å². The van der Waals surface area contributed by atoms with Gasteiger partial charge in [-0.05, 0) is 25.0 Å². The lowest BCUT2D eigenvalue weighted by molar-refractivity contribution is -0.141. The van der Waals surface area contributed by atoms with Crippen molar-refractivity contribution in [3.8, 4) is 0 Å². The summed E-state index contributed by atoms with van der Waals surface area (Å²) >= 11 is 0. The zero-order chi connectivity index (χ0) is 19.7. The Morgan fingerprint density at radius 2 is 1.85 bits per heavy atom. The molecule has 8 heteroatoms. The normalized spacial score (nSPS) is 19.3. The van der Waals surface area contributed by atoms with Crippen molar-refractivity contribution >= 4 is 11.9 Å². The van der Waals surface area contributed by atoms with Crippen molar-refractivity contribution in [2.24, 2.45) is 5.92 Å². The summed E-state index contributed by atoms with van der Waals surface area (Å²) in [6, 6.07) is 7.55. The summed E-state index contributed by atoms with van der Waals surface area (Å²) in [5, 5.41) is 9.60. The van der Waals surface area contributed by atoms with Gasteiger partial charge < -0.3 is 10.0 Å². The third kappa shape index (κ3) is 3.69. The maximum atomic E-state index is 12.7. The maximum Gasteiger partial charge on any atom is 0.328 e. The molecule has 27 heavy (non-hydrogen) atoms. The number of rotatable bonds is 4. The van der Waals surface area contributed by atoms with E-state index in [-0.39, 0.29) is 31.5 Å². The third-order valence-corrected chi connectivity index (χ3v) is 5.07. The number of aryl methyl sites for hydroxylation is 2. The minimum Gasteiger partial charge on any atom is -0.481 e. The van der Waals surface area contributed by atoms with Crippen LogP contribution in [-0.2, 0) is 16.1 Å². The van der Waals surface area contributed by atoms with Crippen LogP contribution in [0, 0.1) is 19.8 Å². The van der Waals surface area contributed by atoms with E-state index in [0.29, 0.717) is 5.56 Å². The average Bonchev–Trinajstić information content (AvgIpc) is 3.05. The molecule has 0 bridgehead atoms. The Hall–Kier alpha value is -3.16. The number of carbonyl (C=O) groups excluding carboxylic acids is 1. The predicted octanol–water partition coefficient (Wildman–Crippen LogP) is 0.480. The molecule has 2 atom stereocenters. The van der Waals surface area contributed by atoms with Gasteiger partial charge in [-0.3, -0.25) is 23.9 Å². The van der Waals surface area contributed by atoms with Crippen molar-refractivity contribution in [3.63, 3.8) is 0 Å². The van der Waals surface area contributed by atoms with Crippen molar-refractivity contribution in [1.82, 2.24) is 14.5 Å². The Labute approximate surface area is 155 Å². The highest BCUT2D eigenvalue weighted by atomic mass is 16.4. The van der Waals surface area contributed by atoms with Gasteiger partial charge in [0.1, 0.15) is 6.54 Å². The van der Waals surface area contributed by atoms with Gasteiger partial charge in [-0.1, -0.05) is 24.3 Å². The second-order valence-corrected chi connectivity index (χ2v) is 6.91. The summed E-state index contributed by atoms with van der Waals surface area (Å²) in [5.74, 6) is -2.31. The molecule has 1 aromatic heterocycles. The van der Waals surface area contributed by atoms with Crippen LogP contribution in [0.5, 0.6) is 0 Å². The summed E-state index contributed by atoms with van der Waals surface area (Å²) in [5.41, 5.74) is 1.07. The molecule has 142 valence electrons. The average molecular weight is 371 g/mol. The highest BCUT2D eigenvalue weighted by molar-refractivity contribution is 5.79. The molecule has 0 radical (unpaired) electrons. The van der Waals surface area contributed by atoms with Gasteiger partial charge in [0.2, 0.25) is 5.91 Å². The number of hydrogen-bond acceptors (Lipinski definition) is 4. The Bertz CT molecular complexity index is 1010. The van der Waals surface area contributed by atoms with E-state index in [0.717, 1.165) is 15.7 Å². The molecule has 0 saturated carbocycles. The first kappa shape index (κ1) is 18.6. The highest BCUT2D eigenvalue weighted by Gasteiger charge is 2.40. The Kier molecular flexibility index (Phi) is 4.98. The largest absolute Gasteiger partial charge is 0.481 e. The highest BCUT2D eigenvalue weighted by Crippen LogP contribution is 2.34. The Balaban J connectivity index is 1.84. The Morgan fingerprint density at radius 3 is 2.52 bits per heavy atom. The van der Waals surface area contributed by atoms with Crippen molar-refractivity contribution < 1.29 is 14.7 Å². The maximum absolute atomic E-state index is 12.7. The molecular weight excluding hydrogens is 350 g/mol. The quantitative estimate of drug-likeness (QED) is 0.812. The third-order valence-electron chi connectivity index (χ3n) is 5.07. The first-order valence-corrected chi connectivity index (χ1v) is 8.64. The molecule has 1 saturated heterocycles. The van der Waals surface area contributed by atoms with Gasteiger partial charge >= 0.3 is 11.7 Å². The minimum absolute atomic E-state index is 0.0876. The van der Waals surface area contributed by atoms with Crippen molar-refractivity contribution in [3.05, 3.63) is 68.0 Å². The fourth-order valence-corrected chi connectivity index (χ4v) is 3.56. The number of carbonyl (C=O) groups is 2. The molecule has 0 spiro atoms. The molecule has 1 fully saturated rings. The molecule has 2 aromatic rings. The van der Waals surface area contributed by atoms with Gasteiger partial charge in [-0.2, -0.15) is 0 Å². The number of aromatic amines is 1. The van der Waals surface area contributed by atoms with E-state index >= 15 is 0 Å². The van der Waals surface area contributed by atoms with Crippen LogP contribution in [0.3, 0.4) is 0 Å². The summed E-state index contributed by atoms with van der Waals surface area (Å²) in [6.45, 7) is 3.58. The molecule has 1 aliphatic rings.